The molecule has 0 unspecified atom stereocenters. The van der Waals surface area contributed by atoms with Gasteiger partial charge in [0, 0.05) is 25.1 Å². The van der Waals surface area contributed by atoms with E-state index in [2.05, 4.69) is 10.4 Å². The Morgan fingerprint density at radius 3 is 2.77 bits per heavy atom. The van der Waals surface area contributed by atoms with Gasteiger partial charge in [-0.2, -0.15) is 5.10 Å². The molecule has 1 amide bonds. The third-order valence-electron chi connectivity index (χ3n) is 3.97. The van der Waals surface area contributed by atoms with Crippen LogP contribution in [0, 0.1) is 11.6 Å². The van der Waals surface area contributed by atoms with Crippen LogP contribution in [0.1, 0.15) is 28.9 Å². The number of hydrogen-bond donors (Lipinski definition) is 1. The number of nitrogens with zero attached hydrogens (tertiary/aromatic N) is 2. The number of amides is 1. The summed E-state index contributed by atoms with van der Waals surface area (Å²) in [6.45, 7) is 1.90. The topological polar surface area (TPSA) is 56.1 Å². The molecule has 1 atom stereocenters. The molecule has 0 aliphatic rings. The molecule has 134 valence electrons. The fourth-order valence-corrected chi connectivity index (χ4v) is 2.45. The van der Waals surface area contributed by atoms with Crippen molar-refractivity contribution in [2.75, 3.05) is 12.4 Å². The molecule has 1 aromatic heterocycles. The van der Waals surface area contributed by atoms with Crippen LogP contribution in [0.15, 0.2) is 54.9 Å². The van der Waals surface area contributed by atoms with Crippen molar-refractivity contribution in [1.29, 1.82) is 0 Å². The lowest BCUT2D eigenvalue weighted by Gasteiger charge is -2.11. The number of rotatable bonds is 5. The Morgan fingerprint density at radius 1 is 1.23 bits per heavy atom. The van der Waals surface area contributed by atoms with E-state index in [1.165, 1.54) is 23.1 Å². The number of nitrogens with one attached hydrogen (secondary N) is 1. The Morgan fingerprint density at radius 2 is 2.04 bits per heavy atom. The van der Waals surface area contributed by atoms with Gasteiger partial charge in [0.25, 0.3) is 5.91 Å². The smallest absolute Gasteiger partial charge is 0.258 e. The summed E-state index contributed by atoms with van der Waals surface area (Å²) in [6, 6.07) is 10.4. The predicted octanol–water partition coefficient (Wildman–Crippen LogP) is 4.11. The maximum absolute atomic E-state index is 13.8. The van der Waals surface area contributed by atoms with Gasteiger partial charge in [0.1, 0.15) is 11.5 Å². The predicted molar refractivity (Wildman–Crippen MR) is 93.3 cm³/mol. The van der Waals surface area contributed by atoms with Gasteiger partial charge < -0.3 is 10.1 Å². The Kier molecular flexibility index (Phi) is 5.09. The number of aromatic nitrogens is 2. The minimum Gasteiger partial charge on any atom is -0.377 e. The second-order valence-electron chi connectivity index (χ2n) is 5.73. The van der Waals surface area contributed by atoms with Gasteiger partial charge in [0.05, 0.1) is 17.9 Å². The maximum atomic E-state index is 13.8. The summed E-state index contributed by atoms with van der Waals surface area (Å²) < 4.78 is 33.3. The second-order valence-corrected chi connectivity index (χ2v) is 5.73. The number of hydrogen-bond acceptors (Lipinski definition) is 3. The molecule has 7 heteroatoms. The third-order valence-corrected chi connectivity index (χ3v) is 3.97. The first-order valence-electron chi connectivity index (χ1n) is 7.92. The average Bonchev–Trinajstić information content (AvgIpc) is 3.11. The zero-order valence-corrected chi connectivity index (χ0v) is 14.2. The first kappa shape index (κ1) is 17.8. The molecule has 1 heterocycles. The van der Waals surface area contributed by atoms with E-state index in [-0.39, 0.29) is 23.3 Å². The summed E-state index contributed by atoms with van der Waals surface area (Å²) in [5.74, 6) is -1.83. The van der Waals surface area contributed by atoms with Crippen LogP contribution >= 0.6 is 0 Å². The zero-order valence-electron chi connectivity index (χ0n) is 14.2. The van der Waals surface area contributed by atoms with Crippen molar-refractivity contribution in [2.24, 2.45) is 0 Å². The Bertz CT molecular complexity index is 940. The summed E-state index contributed by atoms with van der Waals surface area (Å²) in [5.41, 5.74) is 1.84. The average molecular weight is 357 g/mol. The highest BCUT2D eigenvalue weighted by Gasteiger charge is 2.13. The van der Waals surface area contributed by atoms with Gasteiger partial charge in [-0.05, 0) is 36.8 Å². The number of carbonyl (C=O) groups is 1. The standard InChI is InChI=1S/C19H17F2N3O2/c1-12(26-2)13-4-3-5-16(8-13)23-19(25)14-10-22-24(11-14)18-7-6-15(20)9-17(18)21/h3-12H,1-2H3,(H,23,25)/t12-/m1/s1. The molecule has 0 radical (unpaired) electrons. The van der Waals surface area contributed by atoms with Crippen molar-refractivity contribution in [2.45, 2.75) is 13.0 Å². The summed E-state index contributed by atoms with van der Waals surface area (Å²) >= 11 is 0. The highest BCUT2D eigenvalue weighted by Crippen LogP contribution is 2.20. The van der Waals surface area contributed by atoms with Crippen LogP contribution in [-0.2, 0) is 4.74 Å². The number of ether oxygens (including phenoxy) is 1. The number of halogens is 2. The molecule has 0 spiro atoms. The SMILES string of the molecule is CO[C@H](C)c1cccc(NC(=O)c2cnn(-c3ccc(F)cc3F)c2)c1. The maximum Gasteiger partial charge on any atom is 0.258 e. The molecule has 0 aliphatic heterocycles. The molecule has 0 saturated carbocycles. The van der Waals surface area contributed by atoms with Gasteiger partial charge in [0.15, 0.2) is 5.82 Å². The number of carbonyl (C=O) groups excluding carboxylic acids is 1. The largest absolute Gasteiger partial charge is 0.377 e. The Balaban J connectivity index is 1.78. The van der Waals surface area contributed by atoms with Crippen LogP contribution in [0.25, 0.3) is 5.69 Å². The van der Waals surface area contributed by atoms with Gasteiger partial charge in [0.2, 0.25) is 0 Å². The Labute approximate surface area is 149 Å². The first-order chi connectivity index (χ1) is 12.5. The lowest BCUT2D eigenvalue weighted by molar-refractivity contribution is 0.102. The van der Waals surface area contributed by atoms with Crippen molar-refractivity contribution < 1.29 is 18.3 Å². The molecule has 0 saturated heterocycles. The molecule has 3 rings (SSSR count). The lowest BCUT2D eigenvalue weighted by Crippen LogP contribution is -2.11. The first-order valence-corrected chi connectivity index (χ1v) is 7.92. The van der Waals surface area contributed by atoms with Crippen LogP contribution in [0.2, 0.25) is 0 Å². The van der Waals surface area contributed by atoms with Crippen LogP contribution in [0.5, 0.6) is 0 Å². The number of methoxy groups -OCH3 is 1. The molecule has 26 heavy (non-hydrogen) atoms. The molecule has 5 nitrogen and oxygen atoms in total. The molecule has 0 aliphatic carbocycles. The minimum absolute atomic E-state index is 0.0568. The summed E-state index contributed by atoms with van der Waals surface area (Å²) in [5, 5.41) is 6.74. The number of benzene rings is 2. The van der Waals surface area contributed by atoms with Gasteiger partial charge in [-0.15, -0.1) is 0 Å². The fourth-order valence-electron chi connectivity index (χ4n) is 2.45. The molecular weight excluding hydrogens is 340 g/mol. The van der Waals surface area contributed by atoms with Crippen LogP contribution < -0.4 is 5.32 Å². The molecule has 0 fully saturated rings. The van der Waals surface area contributed by atoms with Crippen molar-refractivity contribution in [3.8, 4) is 5.69 Å². The van der Waals surface area contributed by atoms with Crippen LogP contribution in [0.4, 0.5) is 14.5 Å². The van der Waals surface area contributed by atoms with E-state index in [0.29, 0.717) is 5.69 Å². The quantitative estimate of drug-likeness (QED) is 0.748. The number of anilines is 1. The van der Waals surface area contributed by atoms with E-state index >= 15 is 0 Å². The van der Waals surface area contributed by atoms with Gasteiger partial charge in [-0.1, -0.05) is 12.1 Å². The summed E-state index contributed by atoms with van der Waals surface area (Å²) in [4.78, 5) is 12.4. The molecule has 0 bridgehead atoms. The summed E-state index contributed by atoms with van der Waals surface area (Å²) in [6.07, 6.45) is 2.60. The highest BCUT2D eigenvalue weighted by molar-refractivity contribution is 6.04. The second kappa shape index (κ2) is 7.45. The zero-order chi connectivity index (χ0) is 18.7. The monoisotopic (exact) mass is 357 g/mol. The minimum atomic E-state index is -0.763. The van der Waals surface area contributed by atoms with Crippen molar-refractivity contribution in [3.05, 3.63) is 77.6 Å². The van der Waals surface area contributed by atoms with Crippen molar-refractivity contribution in [1.82, 2.24) is 9.78 Å². The molecule has 3 aromatic rings. The van der Waals surface area contributed by atoms with Crippen molar-refractivity contribution >= 4 is 11.6 Å². The normalized spacial score (nSPS) is 12.0. The van der Waals surface area contributed by atoms with E-state index < -0.39 is 11.6 Å². The molecular formula is C19H17F2N3O2. The van der Waals surface area contributed by atoms with E-state index in [0.717, 1.165) is 17.7 Å². The highest BCUT2D eigenvalue weighted by atomic mass is 19.1. The lowest BCUT2D eigenvalue weighted by atomic mass is 10.1. The van der Waals surface area contributed by atoms with Gasteiger partial charge in [-0.3, -0.25) is 4.79 Å². The van der Waals surface area contributed by atoms with Gasteiger partial charge in [-0.25, -0.2) is 13.5 Å². The molecule has 1 N–H and O–H groups in total. The van der Waals surface area contributed by atoms with Crippen LogP contribution in [0.3, 0.4) is 0 Å². The third kappa shape index (κ3) is 3.78. The van der Waals surface area contributed by atoms with E-state index in [1.54, 1.807) is 13.2 Å². The Hall–Kier alpha value is -3.06. The van der Waals surface area contributed by atoms with E-state index in [4.69, 9.17) is 4.74 Å². The fraction of sp³-hybridized carbons (Fsp3) is 0.158. The van der Waals surface area contributed by atoms with E-state index in [9.17, 15) is 13.6 Å². The van der Waals surface area contributed by atoms with Crippen molar-refractivity contribution in [3.63, 3.8) is 0 Å². The summed E-state index contributed by atoms with van der Waals surface area (Å²) in [7, 11) is 1.61. The molecule has 2 aromatic carbocycles. The van der Waals surface area contributed by atoms with Gasteiger partial charge >= 0.3 is 0 Å². The van der Waals surface area contributed by atoms with Crippen LogP contribution in [-0.4, -0.2) is 22.8 Å². The van der Waals surface area contributed by atoms with E-state index in [1.807, 2.05) is 25.1 Å².